The maximum atomic E-state index is 11.6. The third-order valence-corrected chi connectivity index (χ3v) is 2.85. The predicted molar refractivity (Wildman–Crippen MR) is 59.9 cm³/mol. The van der Waals surface area contributed by atoms with Gasteiger partial charge in [-0.05, 0) is 18.3 Å². The normalized spacial score (nSPS) is 13.8. The number of carbonyl (C=O) groups excluding carboxylic acids is 1. The Labute approximate surface area is 87.4 Å². The fourth-order valence-electron chi connectivity index (χ4n) is 1.05. The first-order chi connectivity index (χ1) is 6.46. The van der Waals surface area contributed by atoms with E-state index in [2.05, 4.69) is 26.1 Å². The van der Waals surface area contributed by atoms with Crippen LogP contribution in [-0.4, -0.2) is 19.0 Å². The number of hydrogen-bond acceptors (Lipinski definition) is 2. The Kier molecular flexibility index (Phi) is 5.77. The molecule has 1 amide bonds. The van der Waals surface area contributed by atoms with Gasteiger partial charge in [0.15, 0.2) is 0 Å². The SMILES string of the molecule is CCC(CN)C(=O)NCC(C)(C)CC. The molecule has 3 N–H and O–H groups in total. The van der Waals surface area contributed by atoms with E-state index in [0.717, 1.165) is 19.4 Å². The Balaban J connectivity index is 3.95. The number of nitrogens with two attached hydrogens (primary N) is 1. The quantitative estimate of drug-likeness (QED) is 0.683. The molecule has 0 aliphatic heterocycles. The van der Waals surface area contributed by atoms with Crippen LogP contribution < -0.4 is 11.1 Å². The van der Waals surface area contributed by atoms with Crippen LogP contribution in [0.2, 0.25) is 0 Å². The third-order valence-electron chi connectivity index (χ3n) is 2.85. The van der Waals surface area contributed by atoms with Gasteiger partial charge in [-0.15, -0.1) is 0 Å². The molecule has 0 fully saturated rings. The molecule has 0 saturated carbocycles. The van der Waals surface area contributed by atoms with Crippen LogP contribution in [0.1, 0.15) is 40.5 Å². The van der Waals surface area contributed by atoms with E-state index in [1.807, 2.05) is 6.92 Å². The van der Waals surface area contributed by atoms with Crippen LogP contribution in [0, 0.1) is 11.3 Å². The number of hydrogen-bond donors (Lipinski definition) is 2. The molecule has 84 valence electrons. The van der Waals surface area contributed by atoms with Crippen molar-refractivity contribution in [1.29, 1.82) is 0 Å². The van der Waals surface area contributed by atoms with Gasteiger partial charge < -0.3 is 11.1 Å². The van der Waals surface area contributed by atoms with Crippen LogP contribution in [0.3, 0.4) is 0 Å². The molecule has 0 aliphatic carbocycles. The molecule has 0 bridgehead atoms. The van der Waals surface area contributed by atoms with E-state index < -0.39 is 0 Å². The van der Waals surface area contributed by atoms with Crippen LogP contribution in [0.5, 0.6) is 0 Å². The van der Waals surface area contributed by atoms with Crippen LogP contribution in [-0.2, 0) is 4.79 Å². The van der Waals surface area contributed by atoms with Crippen molar-refractivity contribution in [3.05, 3.63) is 0 Å². The summed E-state index contributed by atoms with van der Waals surface area (Å²) in [5.74, 6) is 0.0687. The summed E-state index contributed by atoms with van der Waals surface area (Å²) < 4.78 is 0. The lowest BCUT2D eigenvalue weighted by molar-refractivity contribution is -0.125. The van der Waals surface area contributed by atoms with Crippen molar-refractivity contribution in [3.63, 3.8) is 0 Å². The van der Waals surface area contributed by atoms with Gasteiger partial charge in [0.2, 0.25) is 5.91 Å². The zero-order valence-electron chi connectivity index (χ0n) is 9.89. The summed E-state index contributed by atoms with van der Waals surface area (Å²) in [5, 5.41) is 2.96. The first-order valence-electron chi connectivity index (χ1n) is 5.44. The van der Waals surface area contributed by atoms with E-state index in [4.69, 9.17) is 5.73 Å². The molecule has 0 aromatic carbocycles. The molecule has 0 aromatic heterocycles. The van der Waals surface area contributed by atoms with E-state index in [0.29, 0.717) is 6.54 Å². The Morgan fingerprint density at radius 2 is 2.00 bits per heavy atom. The lowest BCUT2D eigenvalue weighted by Crippen LogP contribution is -2.39. The van der Waals surface area contributed by atoms with Crippen LogP contribution in [0.4, 0.5) is 0 Å². The molecular formula is C11H24N2O. The minimum absolute atomic E-state index is 0.0253. The number of nitrogens with one attached hydrogen (secondary N) is 1. The molecular weight excluding hydrogens is 176 g/mol. The molecule has 0 rings (SSSR count). The van der Waals surface area contributed by atoms with Crippen LogP contribution >= 0.6 is 0 Å². The highest BCUT2D eigenvalue weighted by molar-refractivity contribution is 5.78. The van der Waals surface area contributed by atoms with Gasteiger partial charge in [-0.1, -0.05) is 27.7 Å². The van der Waals surface area contributed by atoms with E-state index in [-0.39, 0.29) is 17.2 Å². The van der Waals surface area contributed by atoms with E-state index >= 15 is 0 Å². The van der Waals surface area contributed by atoms with Crippen molar-refractivity contribution in [1.82, 2.24) is 5.32 Å². The summed E-state index contributed by atoms with van der Waals surface area (Å²) in [4.78, 5) is 11.6. The topological polar surface area (TPSA) is 55.1 Å². The maximum Gasteiger partial charge on any atom is 0.224 e. The summed E-state index contributed by atoms with van der Waals surface area (Å²) in [5.41, 5.74) is 5.68. The molecule has 1 atom stereocenters. The molecule has 0 spiro atoms. The monoisotopic (exact) mass is 200 g/mol. The third kappa shape index (κ3) is 4.61. The lowest BCUT2D eigenvalue weighted by Gasteiger charge is -2.24. The van der Waals surface area contributed by atoms with Crippen LogP contribution in [0.15, 0.2) is 0 Å². The Bertz CT molecular complexity index is 174. The van der Waals surface area contributed by atoms with Gasteiger partial charge in [0.1, 0.15) is 0 Å². The fourth-order valence-corrected chi connectivity index (χ4v) is 1.05. The second-order valence-corrected chi connectivity index (χ2v) is 4.58. The van der Waals surface area contributed by atoms with Gasteiger partial charge in [-0.25, -0.2) is 0 Å². The fraction of sp³-hybridized carbons (Fsp3) is 0.909. The van der Waals surface area contributed by atoms with Crippen molar-refractivity contribution >= 4 is 5.91 Å². The van der Waals surface area contributed by atoms with Crippen molar-refractivity contribution in [2.24, 2.45) is 17.1 Å². The molecule has 0 aromatic rings. The molecule has 0 heterocycles. The smallest absolute Gasteiger partial charge is 0.224 e. The Morgan fingerprint density at radius 1 is 1.43 bits per heavy atom. The summed E-state index contributed by atoms with van der Waals surface area (Å²) >= 11 is 0. The first-order valence-corrected chi connectivity index (χ1v) is 5.44. The second kappa shape index (κ2) is 6.02. The highest BCUT2D eigenvalue weighted by atomic mass is 16.1. The summed E-state index contributed by atoms with van der Waals surface area (Å²) in [7, 11) is 0. The largest absolute Gasteiger partial charge is 0.355 e. The van der Waals surface area contributed by atoms with Gasteiger partial charge in [0.05, 0.1) is 0 Å². The minimum atomic E-state index is -0.0253. The summed E-state index contributed by atoms with van der Waals surface area (Å²) in [6.45, 7) is 9.59. The maximum absolute atomic E-state index is 11.6. The molecule has 0 radical (unpaired) electrons. The molecule has 0 aliphatic rings. The van der Waals surface area contributed by atoms with Gasteiger partial charge in [0.25, 0.3) is 0 Å². The Morgan fingerprint density at radius 3 is 2.36 bits per heavy atom. The minimum Gasteiger partial charge on any atom is -0.355 e. The van der Waals surface area contributed by atoms with Crippen molar-refractivity contribution in [3.8, 4) is 0 Å². The predicted octanol–water partition coefficient (Wildman–Crippen LogP) is 1.52. The zero-order chi connectivity index (χ0) is 11.2. The average molecular weight is 200 g/mol. The summed E-state index contributed by atoms with van der Waals surface area (Å²) in [6, 6.07) is 0. The standard InChI is InChI=1S/C11H24N2O/c1-5-9(7-12)10(14)13-8-11(3,4)6-2/h9H,5-8,12H2,1-4H3,(H,13,14). The van der Waals surface area contributed by atoms with Gasteiger partial charge in [-0.2, -0.15) is 0 Å². The van der Waals surface area contributed by atoms with Gasteiger partial charge in [0, 0.05) is 19.0 Å². The molecule has 3 nitrogen and oxygen atoms in total. The average Bonchev–Trinajstić information content (AvgIpc) is 2.17. The lowest BCUT2D eigenvalue weighted by atomic mass is 9.90. The number of amides is 1. The molecule has 1 unspecified atom stereocenters. The number of carbonyl (C=O) groups is 1. The van der Waals surface area contributed by atoms with Crippen molar-refractivity contribution in [2.45, 2.75) is 40.5 Å². The first kappa shape index (κ1) is 13.4. The van der Waals surface area contributed by atoms with E-state index in [9.17, 15) is 4.79 Å². The Hall–Kier alpha value is -0.570. The molecule has 0 saturated heterocycles. The highest BCUT2D eigenvalue weighted by Gasteiger charge is 2.19. The van der Waals surface area contributed by atoms with E-state index in [1.165, 1.54) is 0 Å². The zero-order valence-corrected chi connectivity index (χ0v) is 9.89. The summed E-state index contributed by atoms with van der Waals surface area (Å²) in [6.07, 6.45) is 1.88. The van der Waals surface area contributed by atoms with Gasteiger partial charge >= 0.3 is 0 Å². The van der Waals surface area contributed by atoms with Crippen LogP contribution in [0.25, 0.3) is 0 Å². The molecule has 3 heteroatoms. The highest BCUT2D eigenvalue weighted by Crippen LogP contribution is 2.17. The van der Waals surface area contributed by atoms with Gasteiger partial charge in [-0.3, -0.25) is 4.79 Å². The van der Waals surface area contributed by atoms with Crippen molar-refractivity contribution in [2.75, 3.05) is 13.1 Å². The molecule has 14 heavy (non-hydrogen) atoms. The second-order valence-electron chi connectivity index (χ2n) is 4.58. The van der Waals surface area contributed by atoms with E-state index in [1.54, 1.807) is 0 Å². The van der Waals surface area contributed by atoms with Crippen molar-refractivity contribution < 1.29 is 4.79 Å². The number of rotatable bonds is 6.